The average molecular weight is 445 g/mol. The molecule has 172 valence electrons. The number of hydrogen-bond acceptors (Lipinski definition) is 4. The molecular weight excluding hydrogens is 412 g/mol. The lowest BCUT2D eigenvalue weighted by molar-refractivity contribution is 0.102. The molecule has 0 radical (unpaired) electrons. The summed E-state index contributed by atoms with van der Waals surface area (Å²) in [5.41, 5.74) is 11.0. The van der Waals surface area contributed by atoms with Gasteiger partial charge in [0, 0.05) is 41.8 Å². The van der Waals surface area contributed by atoms with Crippen molar-refractivity contribution in [2.24, 2.45) is 15.9 Å². The minimum atomic E-state index is -0.166. The lowest BCUT2D eigenvalue weighted by Crippen LogP contribution is -2.29. The number of nitrogens with one attached hydrogen (secondary N) is 2. The van der Waals surface area contributed by atoms with Crippen LogP contribution in [0.25, 0.3) is 10.9 Å². The summed E-state index contributed by atoms with van der Waals surface area (Å²) >= 11 is 0. The van der Waals surface area contributed by atoms with Crippen molar-refractivity contribution in [2.75, 3.05) is 23.3 Å². The van der Waals surface area contributed by atoms with E-state index in [1.54, 1.807) is 0 Å². The molecule has 1 aliphatic heterocycles. The number of H-pyrrole nitrogens is 1. The Morgan fingerprint density at radius 3 is 2.55 bits per heavy atom. The van der Waals surface area contributed by atoms with Crippen LogP contribution in [0.5, 0.6) is 0 Å². The summed E-state index contributed by atoms with van der Waals surface area (Å²) < 4.78 is 0. The van der Waals surface area contributed by atoms with Gasteiger partial charge in [-0.1, -0.05) is 13.0 Å². The van der Waals surface area contributed by atoms with E-state index in [1.165, 1.54) is 24.9 Å². The second-order valence-electron chi connectivity index (χ2n) is 8.56. The molecule has 4 N–H and O–H groups in total. The van der Waals surface area contributed by atoms with Crippen LogP contribution in [0.4, 0.5) is 11.4 Å². The first-order valence-corrected chi connectivity index (χ1v) is 11.7. The molecule has 0 spiro atoms. The van der Waals surface area contributed by atoms with Crippen LogP contribution in [0.2, 0.25) is 0 Å². The fourth-order valence-corrected chi connectivity index (χ4v) is 4.09. The van der Waals surface area contributed by atoms with E-state index in [4.69, 9.17) is 5.73 Å². The number of carbonyl (C=O) groups excluding carboxylic acids is 1. The van der Waals surface area contributed by atoms with Crippen LogP contribution < -0.4 is 16.0 Å². The van der Waals surface area contributed by atoms with Crippen molar-refractivity contribution < 1.29 is 4.79 Å². The molecule has 3 aromatic rings. The molecular formula is C26H32N6O. The van der Waals surface area contributed by atoms with Gasteiger partial charge in [-0.3, -0.25) is 4.79 Å². The van der Waals surface area contributed by atoms with E-state index in [2.05, 4.69) is 44.5 Å². The first kappa shape index (κ1) is 22.6. The van der Waals surface area contributed by atoms with Gasteiger partial charge in [0.05, 0.1) is 5.71 Å². The number of nitrogens with two attached hydrogens (primary N) is 1. The number of anilines is 2. The lowest BCUT2D eigenvalue weighted by Gasteiger charge is -2.28. The van der Waals surface area contributed by atoms with E-state index < -0.39 is 0 Å². The second kappa shape index (κ2) is 10.3. The van der Waals surface area contributed by atoms with Crippen LogP contribution in [0.1, 0.15) is 62.0 Å². The van der Waals surface area contributed by atoms with Crippen LogP contribution in [-0.4, -0.2) is 35.5 Å². The highest BCUT2D eigenvalue weighted by molar-refractivity contribution is 6.07. The highest BCUT2D eigenvalue weighted by Gasteiger charge is 2.13. The van der Waals surface area contributed by atoms with Crippen LogP contribution in [0, 0.1) is 0 Å². The maximum atomic E-state index is 12.8. The number of aromatic nitrogens is 1. The molecule has 7 nitrogen and oxygen atoms in total. The van der Waals surface area contributed by atoms with Gasteiger partial charge in [-0.05, 0) is 80.6 Å². The highest BCUT2D eigenvalue weighted by Crippen LogP contribution is 2.23. The lowest BCUT2D eigenvalue weighted by atomic mass is 10.1. The van der Waals surface area contributed by atoms with Crippen molar-refractivity contribution in [3.63, 3.8) is 0 Å². The van der Waals surface area contributed by atoms with Gasteiger partial charge in [-0.15, -0.1) is 5.10 Å². The van der Waals surface area contributed by atoms with Gasteiger partial charge in [0.2, 0.25) is 0 Å². The molecule has 1 amide bonds. The fraction of sp³-hybridized carbons (Fsp3) is 0.346. The molecule has 0 atom stereocenters. The van der Waals surface area contributed by atoms with Crippen molar-refractivity contribution in [2.45, 2.75) is 46.0 Å². The summed E-state index contributed by atoms with van der Waals surface area (Å²) in [6, 6.07) is 15.9. The molecule has 1 fully saturated rings. The number of aromatic amines is 1. The number of nitrogens with zero attached hydrogens (tertiary/aromatic N) is 3. The number of fused-ring (bicyclic) bond motifs is 1. The Labute approximate surface area is 194 Å². The Balaban J connectivity index is 1.45. The zero-order chi connectivity index (χ0) is 23.2. The van der Waals surface area contributed by atoms with E-state index in [-0.39, 0.29) is 5.91 Å². The molecule has 4 rings (SSSR count). The molecule has 0 bridgehead atoms. The topological polar surface area (TPSA) is 98.9 Å². The largest absolute Gasteiger partial charge is 0.386 e. The number of hydrogen-bond donors (Lipinski definition) is 3. The second-order valence-corrected chi connectivity index (χ2v) is 8.56. The Bertz CT molecular complexity index is 1170. The number of amidine groups is 1. The third-order valence-electron chi connectivity index (χ3n) is 5.96. The molecule has 7 heteroatoms. The summed E-state index contributed by atoms with van der Waals surface area (Å²) in [5.74, 6) is 0.364. The van der Waals surface area contributed by atoms with Gasteiger partial charge in [-0.25, -0.2) is 0 Å². The standard InChI is InChI=1S/C26H32N6O/c1-3-7-25(27)31-30-18(2)19-8-13-23-20(16-19)17-24(29-23)26(33)28-21-9-11-22(12-10-21)32-14-5-4-6-15-32/h8-13,16-17,29H,3-7,14-15H2,1-2H3,(H2,27,31)(H,28,33)/b30-18-. The molecule has 2 aromatic carbocycles. The molecule has 0 aliphatic carbocycles. The van der Waals surface area contributed by atoms with Gasteiger partial charge in [0.1, 0.15) is 11.5 Å². The first-order valence-electron chi connectivity index (χ1n) is 11.7. The monoisotopic (exact) mass is 444 g/mol. The Kier molecular flexibility index (Phi) is 7.07. The minimum Gasteiger partial charge on any atom is -0.386 e. The average Bonchev–Trinajstić information content (AvgIpc) is 3.27. The number of rotatable bonds is 7. The summed E-state index contributed by atoms with van der Waals surface area (Å²) in [4.78, 5) is 18.4. The molecule has 1 aromatic heterocycles. The van der Waals surface area contributed by atoms with Crippen LogP contribution in [-0.2, 0) is 0 Å². The number of amides is 1. The summed E-state index contributed by atoms with van der Waals surface area (Å²) in [6.07, 6.45) is 5.46. The maximum absolute atomic E-state index is 12.8. The van der Waals surface area contributed by atoms with E-state index in [1.807, 2.05) is 43.3 Å². The number of benzene rings is 2. The highest BCUT2D eigenvalue weighted by atomic mass is 16.1. The van der Waals surface area contributed by atoms with Gasteiger partial charge in [0.25, 0.3) is 5.91 Å². The third-order valence-corrected chi connectivity index (χ3v) is 5.96. The molecule has 1 saturated heterocycles. The van der Waals surface area contributed by atoms with Crippen molar-refractivity contribution in [1.82, 2.24) is 4.98 Å². The van der Waals surface area contributed by atoms with Gasteiger partial charge in [0.15, 0.2) is 0 Å². The van der Waals surface area contributed by atoms with Crippen LogP contribution >= 0.6 is 0 Å². The predicted molar refractivity (Wildman–Crippen MR) is 137 cm³/mol. The fourth-order valence-electron chi connectivity index (χ4n) is 4.09. The van der Waals surface area contributed by atoms with Crippen molar-refractivity contribution in [3.8, 4) is 0 Å². The Morgan fingerprint density at radius 2 is 1.82 bits per heavy atom. The smallest absolute Gasteiger partial charge is 0.272 e. The number of piperidine rings is 1. The molecule has 0 saturated carbocycles. The number of carbonyl (C=O) groups is 1. The SMILES string of the molecule is CCCC(N)=N/N=C(/C)c1ccc2[nH]c(C(=O)Nc3ccc(N4CCCCC4)cc3)cc2c1. The van der Waals surface area contributed by atoms with E-state index in [0.29, 0.717) is 11.5 Å². The predicted octanol–water partition coefficient (Wildman–Crippen LogP) is 5.29. The summed E-state index contributed by atoms with van der Waals surface area (Å²) in [7, 11) is 0. The first-order chi connectivity index (χ1) is 16.0. The quantitative estimate of drug-likeness (QED) is 0.262. The Morgan fingerprint density at radius 1 is 1.06 bits per heavy atom. The van der Waals surface area contributed by atoms with E-state index in [0.717, 1.165) is 53.8 Å². The summed E-state index contributed by atoms with van der Waals surface area (Å²) in [5, 5.41) is 12.3. The zero-order valence-corrected chi connectivity index (χ0v) is 19.4. The Hall–Kier alpha value is -3.61. The van der Waals surface area contributed by atoms with Crippen LogP contribution in [0.3, 0.4) is 0 Å². The van der Waals surface area contributed by atoms with E-state index >= 15 is 0 Å². The third kappa shape index (κ3) is 5.61. The van der Waals surface area contributed by atoms with Crippen molar-refractivity contribution in [3.05, 3.63) is 59.8 Å². The zero-order valence-electron chi connectivity index (χ0n) is 19.4. The van der Waals surface area contributed by atoms with Crippen molar-refractivity contribution in [1.29, 1.82) is 0 Å². The molecule has 1 aliphatic rings. The minimum absolute atomic E-state index is 0.166. The van der Waals surface area contributed by atoms with Gasteiger partial charge >= 0.3 is 0 Å². The molecule has 33 heavy (non-hydrogen) atoms. The molecule has 0 unspecified atom stereocenters. The van der Waals surface area contributed by atoms with Crippen LogP contribution in [0.15, 0.2) is 58.7 Å². The van der Waals surface area contributed by atoms with E-state index in [9.17, 15) is 4.79 Å². The molecule has 2 heterocycles. The van der Waals surface area contributed by atoms with Crippen molar-refractivity contribution >= 4 is 39.7 Å². The summed E-state index contributed by atoms with van der Waals surface area (Å²) in [6.45, 7) is 6.16. The normalized spacial score (nSPS) is 15.2. The van der Waals surface area contributed by atoms with Gasteiger partial charge < -0.3 is 20.9 Å². The van der Waals surface area contributed by atoms with Gasteiger partial charge in [-0.2, -0.15) is 5.10 Å². The maximum Gasteiger partial charge on any atom is 0.272 e.